The summed E-state index contributed by atoms with van der Waals surface area (Å²) in [5, 5.41) is 10.3. The quantitative estimate of drug-likeness (QED) is 0.792. The van der Waals surface area contributed by atoms with Crippen LogP contribution in [-0.2, 0) is 6.54 Å². The van der Waals surface area contributed by atoms with Crippen LogP contribution in [0.4, 0.5) is 0 Å². The summed E-state index contributed by atoms with van der Waals surface area (Å²) in [4.78, 5) is 26.2. The molecule has 2 N–H and O–H groups in total. The lowest BCUT2D eigenvalue weighted by atomic mass is 10.1. The number of aromatic amines is 1. The first-order chi connectivity index (χ1) is 10.1. The number of nitrogens with one attached hydrogen (secondary N) is 1. The number of benzene rings is 1. The van der Waals surface area contributed by atoms with E-state index in [0.29, 0.717) is 16.6 Å². The molecule has 1 heterocycles. The molecular formula is C14H15BrN2O3S. The van der Waals surface area contributed by atoms with Crippen LogP contribution in [0.2, 0.25) is 0 Å². The standard InChI is InChI=1S/C14H15BrN2O3S/c1-21-8-4-7-17-13(19)11(12(18)16-14(17)20)9-5-2-3-6-10(9)15/h2-3,5-6,19H,4,7-8H2,1H3,(H,16,18,20). The third-order valence-corrected chi connectivity index (χ3v) is 4.43. The Hall–Kier alpha value is -1.47. The second-order valence-corrected chi connectivity index (χ2v) is 6.28. The number of halogens is 1. The van der Waals surface area contributed by atoms with Gasteiger partial charge in [-0.3, -0.25) is 14.3 Å². The molecule has 112 valence electrons. The maximum Gasteiger partial charge on any atom is 0.331 e. The van der Waals surface area contributed by atoms with Crippen molar-refractivity contribution in [2.24, 2.45) is 0 Å². The Balaban J connectivity index is 2.57. The highest BCUT2D eigenvalue weighted by atomic mass is 79.9. The van der Waals surface area contributed by atoms with Gasteiger partial charge in [-0.05, 0) is 24.5 Å². The summed E-state index contributed by atoms with van der Waals surface area (Å²) >= 11 is 5.02. The minimum atomic E-state index is -0.592. The van der Waals surface area contributed by atoms with Crippen molar-refractivity contribution in [1.82, 2.24) is 9.55 Å². The van der Waals surface area contributed by atoms with E-state index in [1.54, 1.807) is 30.0 Å². The molecule has 5 nitrogen and oxygen atoms in total. The molecule has 0 bridgehead atoms. The fourth-order valence-electron chi connectivity index (χ4n) is 2.04. The highest BCUT2D eigenvalue weighted by Crippen LogP contribution is 2.30. The summed E-state index contributed by atoms with van der Waals surface area (Å²) in [7, 11) is 0. The molecule has 0 unspecified atom stereocenters. The van der Waals surface area contributed by atoms with Crippen molar-refractivity contribution in [3.05, 3.63) is 49.6 Å². The van der Waals surface area contributed by atoms with Crippen LogP contribution in [0.3, 0.4) is 0 Å². The Morgan fingerprint density at radius 2 is 2.05 bits per heavy atom. The van der Waals surface area contributed by atoms with Gasteiger partial charge in [0.2, 0.25) is 5.88 Å². The molecule has 0 atom stereocenters. The highest BCUT2D eigenvalue weighted by molar-refractivity contribution is 9.10. The van der Waals surface area contributed by atoms with Gasteiger partial charge in [0.15, 0.2) is 0 Å². The van der Waals surface area contributed by atoms with E-state index in [4.69, 9.17) is 0 Å². The van der Waals surface area contributed by atoms with E-state index in [9.17, 15) is 14.7 Å². The smallest absolute Gasteiger partial charge is 0.331 e. The minimum Gasteiger partial charge on any atom is -0.494 e. The Labute approximate surface area is 134 Å². The molecule has 0 aliphatic carbocycles. The zero-order valence-corrected chi connectivity index (χ0v) is 13.8. The first-order valence-corrected chi connectivity index (χ1v) is 8.55. The first-order valence-electron chi connectivity index (χ1n) is 6.36. The molecular weight excluding hydrogens is 356 g/mol. The van der Waals surface area contributed by atoms with Gasteiger partial charge in [-0.2, -0.15) is 11.8 Å². The zero-order chi connectivity index (χ0) is 15.4. The summed E-state index contributed by atoms with van der Waals surface area (Å²) < 4.78 is 1.88. The lowest BCUT2D eigenvalue weighted by Gasteiger charge is -2.12. The van der Waals surface area contributed by atoms with Crippen LogP contribution in [0.1, 0.15) is 6.42 Å². The van der Waals surface area contributed by atoms with Crippen molar-refractivity contribution in [3.8, 4) is 17.0 Å². The summed E-state index contributed by atoms with van der Waals surface area (Å²) in [5.41, 5.74) is -0.527. The Morgan fingerprint density at radius 1 is 1.33 bits per heavy atom. The average Bonchev–Trinajstić information content (AvgIpc) is 2.44. The van der Waals surface area contributed by atoms with Crippen LogP contribution in [0.25, 0.3) is 11.1 Å². The Kier molecular flexibility index (Phi) is 5.30. The molecule has 1 aromatic carbocycles. The van der Waals surface area contributed by atoms with E-state index in [0.717, 1.165) is 12.2 Å². The molecule has 2 aromatic rings. The van der Waals surface area contributed by atoms with Crippen molar-refractivity contribution in [1.29, 1.82) is 0 Å². The predicted octanol–water partition coefficient (Wildman–Crippen LogP) is 2.42. The second-order valence-electron chi connectivity index (χ2n) is 4.44. The largest absolute Gasteiger partial charge is 0.494 e. The molecule has 0 aliphatic rings. The normalized spacial score (nSPS) is 10.8. The van der Waals surface area contributed by atoms with Gasteiger partial charge in [-0.1, -0.05) is 34.1 Å². The minimum absolute atomic E-state index is 0.103. The van der Waals surface area contributed by atoms with Gasteiger partial charge in [0.1, 0.15) is 5.56 Å². The monoisotopic (exact) mass is 370 g/mol. The van der Waals surface area contributed by atoms with Gasteiger partial charge in [0.25, 0.3) is 5.56 Å². The molecule has 0 aliphatic heterocycles. The van der Waals surface area contributed by atoms with E-state index in [-0.39, 0.29) is 11.4 Å². The SMILES string of the molecule is CSCCCn1c(O)c(-c2ccccc2Br)c(=O)[nH]c1=O. The number of rotatable bonds is 5. The predicted molar refractivity (Wildman–Crippen MR) is 89.1 cm³/mol. The lowest BCUT2D eigenvalue weighted by Crippen LogP contribution is -2.31. The number of H-pyrrole nitrogens is 1. The summed E-state index contributed by atoms with van der Waals surface area (Å²) in [6.07, 6.45) is 2.71. The van der Waals surface area contributed by atoms with Crippen molar-refractivity contribution in [3.63, 3.8) is 0 Å². The van der Waals surface area contributed by atoms with E-state index in [1.165, 1.54) is 4.57 Å². The Bertz CT molecular complexity index is 755. The molecule has 0 saturated carbocycles. The average molecular weight is 371 g/mol. The molecule has 0 saturated heterocycles. The summed E-state index contributed by atoms with van der Waals surface area (Å²) in [5.74, 6) is 0.576. The number of nitrogens with zero attached hydrogens (tertiary/aromatic N) is 1. The van der Waals surface area contributed by atoms with Crippen LogP contribution in [0, 0.1) is 0 Å². The molecule has 7 heteroatoms. The molecule has 0 fully saturated rings. The van der Waals surface area contributed by atoms with E-state index in [2.05, 4.69) is 20.9 Å². The zero-order valence-electron chi connectivity index (χ0n) is 11.4. The van der Waals surface area contributed by atoms with E-state index < -0.39 is 11.2 Å². The van der Waals surface area contributed by atoms with Crippen molar-refractivity contribution in [2.45, 2.75) is 13.0 Å². The highest BCUT2D eigenvalue weighted by Gasteiger charge is 2.17. The number of hydrogen-bond donors (Lipinski definition) is 2. The second kappa shape index (κ2) is 7.00. The molecule has 21 heavy (non-hydrogen) atoms. The number of hydrogen-bond acceptors (Lipinski definition) is 4. The van der Waals surface area contributed by atoms with Crippen LogP contribution in [0.15, 0.2) is 38.3 Å². The van der Waals surface area contributed by atoms with Crippen molar-refractivity contribution < 1.29 is 5.11 Å². The number of aromatic hydroxyl groups is 1. The van der Waals surface area contributed by atoms with Gasteiger partial charge in [-0.15, -0.1) is 0 Å². The number of aromatic nitrogens is 2. The topological polar surface area (TPSA) is 75.1 Å². The van der Waals surface area contributed by atoms with Crippen LogP contribution < -0.4 is 11.2 Å². The van der Waals surface area contributed by atoms with Crippen molar-refractivity contribution in [2.75, 3.05) is 12.0 Å². The molecule has 1 aromatic heterocycles. The van der Waals surface area contributed by atoms with E-state index in [1.807, 2.05) is 12.3 Å². The number of thioether (sulfide) groups is 1. The fourth-order valence-corrected chi connectivity index (χ4v) is 2.94. The Morgan fingerprint density at radius 3 is 2.71 bits per heavy atom. The lowest BCUT2D eigenvalue weighted by molar-refractivity contribution is 0.402. The molecule has 0 amide bonds. The van der Waals surface area contributed by atoms with E-state index >= 15 is 0 Å². The maximum atomic E-state index is 12.0. The molecule has 2 rings (SSSR count). The molecule has 0 radical (unpaired) electrons. The summed E-state index contributed by atoms with van der Waals surface area (Å²) in [6, 6.07) is 7.07. The fraction of sp³-hybridized carbons (Fsp3) is 0.286. The van der Waals surface area contributed by atoms with Gasteiger partial charge in [0, 0.05) is 16.6 Å². The van der Waals surface area contributed by atoms with Gasteiger partial charge < -0.3 is 5.11 Å². The third kappa shape index (κ3) is 3.41. The third-order valence-electron chi connectivity index (χ3n) is 3.05. The van der Waals surface area contributed by atoms with Gasteiger partial charge in [0.05, 0.1) is 0 Å². The maximum absolute atomic E-state index is 12.0. The first kappa shape index (κ1) is 15.9. The van der Waals surface area contributed by atoms with Crippen LogP contribution >= 0.6 is 27.7 Å². The van der Waals surface area contributed by atoms with Gasteiger partial charge >= 0.3 is 5.69 Å². The van der Waals surface area contributed by atoms with Crippen molar-refractivity contribution >= 4 is 27.7 Å². The van der Waals surface area contributed by atoms with Crippen LogP contribution in [-0.4, -0.2) is 26.7 Å². The van der Waals surface area contributed by atoms with Gasteiger partial charge in [-0.25, -0.2) is 4.79 Å². The van der Waals surface area contributed by atoms with Crippen LogP contribution in [0.5, 0.6) is 5.88 Å². The summed E-state index contributed by atoms with van der Waals surface area (Å²) in [6.45, 7) is 0.361. The molecule has 0 spiro atoms.